The van der Waals surface area contributed by atoms with Gasteiger partial charge >= 0.3 is 0 Å². The van der Waals surface area contributed by atoms with E-state index in [1.165, 1.54) is 44.5 Å². The molecule has 0 unspecified atom stereocenters. The van der Waals surface area contributed by atoms with Gasteiger partial charge < -0.3 is 5.73 Å². The average molecular weight is 993 g/mol. The molecule has 10 nitrogen and oxygen atoms in total. The van der Waals surface area contributed by atoms with Crippen LogP contribution in [-0.4, -0.2) is 46.6 Å². The molecule has 0 radical (unpaired) electrons. The first-order valence-corrected chi connectivity index (χ1v) is 25.7. The summed E-state index contributed by atoms with van der Waals surface area (Å²) >= 11 is 0. The number of pyridine rings is 4. The van der Waals surface area contributed by atoms with Crippen LogP contribution in [0, 0.1) is 0 Å². The van der Waals surface area contributed by atoms with Gasteiger partial charge in [0.25, 0.3) is 0 Å². The lowest BCUT2D eigenvalue weighted by Crippen LogP contribution is -2.18. The summed E-state index contributed by atoms with van der Waals surface area (Å²) in [6.07, 6.45) is 14.7. The minimum absolute atomic E-state index is 0.333. The van der Waals surface area contributed by atoms with Crippen molar-refractivity contribution in [3.8, 4) is 56.4 Å². The van der Waals surface area contributed by atoms with E-state index in [1.807, 2.05) is 104 Å². The van der Waals surface area contributed by atoms with Crippen molar-refractivity contribution in [1.29, 1.82) is 0 Å². The van der Waals surface area contributed by atoms with E-state index < -0.39 is 0 Å². The van der Waals surface area contributed by atoms with Crippen molar-refractivity contribution in [2.24, 2.45) is 15.7 Å². The molecule has 2 N–H and O–H groups in total. The minimum Gasteiger partial charge on any atom is -0.383 e. The number of benzene rings is 7. The Hall–Kier alpha value is -9.93. The van der Waals surface area contributed by atoms with Gasteiger partial charge in [-0.25, -0.2) is 24.9 Å². The van der Waals surface area contributed by atoms with Crippen molar-refractivity contribution < 1.29 is 0 Å². The monoisotopic (exact) mass is 992 g/mol. The van der Waals surface area contributed by atoms with Crippen LogP contribution in [0.2, 0.25) is 0 Å². The molecule has 0 atom stereocenters. The van der Waals surface area contributed by atoms with Gasteiger partial charge in [-0.3, -0.25) is 19.9 Å². The van der Waals surface area contributed by atoms with Gasteiger partial charge in [0, 0.05) is 115 Å². The Morgan fingerprint density at radius 2 is 0.857 bits per heavy atom. The van der Waals surface area contributed by atoms with Crippen LogP contribution in [0.3, 0.4) is 0 Å². The summed E-state index contributed by atoms with van der Waals surface area (Å²) in [5, 5.41) is 8.00. The fourth-order valence-electron chi connectivity index (χ4n) is 11.8. The third kappa shape index (κ3) is 7.35. The van der Waals surface area contributed by atoms with Crippen molar-refractivity contribution in [2.75, 3.05) is 0 Å². The topological polar surface area (TPSA) is 141 Å². The summed E-state index contributed by atoms with van der Waals surface area (Å²) in [6.45, 7) is 13.8. The van der Waals surface area contributed by atoms with E-state index in [0.29, 0.717) is 34.8 Å². The molecule has 2 aliphatic carbocycles. The molecule has 12 aromatic rings. The van der Waals surface area contributed by atoms with E-state index >= 15 is 0 Å². The molecule has 2 aliphatic rings. The van der Waals surface area contributed by atoms with Gasteiger partial charge in [0.2, 0.25) is 0 Å². The third-order valence-corrected chi connectivity index (χ3v) is 15.9. The minimum atomic E-state index is -0.380. The van der Waals surface area contributed by atoms with Gasteiger partial charge in [-0.1, -0.05) is 131 Å². The average Bonchev–Trinajstić information content (AvgIpc) is 3.90. The zero-order valence-electron chi connectivity index (χ0n) is 42.8. The number of rotatable bonds is 7. The van der Waals surface area contributed by atoms with Gasteiger partial charge in [0.05, 0.1) is 5.70 Å². The van der Waals surface area contributed by atoms with Gasteiger partial charge in [0.15, 0.2) is 23.3 Å². The molecule has 10 heteroatoms. The SMILES string of the molecule is C=C(/N=C(\N=C(/N)c1cccc2ccncc12)c1ccc2c(c1)C(C)(C)c1cc3c(cc1-2)C(C)(C)c1cc(-c2nc(-c4cccc5ccncc45)nc(-c4cccc5ccncc45)n2)ccc1-3)c1cccc2ccncc12. The highest BCUT2D eigenvalue weighted by Crippen LogP contribution is 2.56. The zero-order chi connectivity index (χ0) is 52.2. The molecule has 0 fully saturated rings. The Morgan fingerprint density at radius 3 is 1.42 bits per heavy atom. The molecule has 0 bridgehead atoms. The number of nitrogens with two attached hydrogens (primary N) is 1. The molecule has 0 saturated heterocycles. The summed E-state index contributed by atoms with van der Waals surface area (Å²) in [5.74, 6) is 2.54. The second kappa shape index (κ2) is 17.3. The molecular weight excluding hydrogens is 945 g/mol. The highest BCUT2D eigenvalue weighted by atomic mass is 15.0. The summed E-state index contributed by atoms with van der Waals surface area (Å²) in [4.78, 5) is 43.9. The molecule has 5 aromatic heterocycles. The maximum atomic E-state index is 6.99. The van der Waals surface area contributed by atoms with Crippen molar-refractivity contribution in [3.05, 3.63) is 241 Å². The van der Waals surface area contributed by atoms with Crippen molar-refractivity contribution >= 4 is 60.5 Å². The smallest absolute Gasteiger partial charge is 0.164 e. The van der Waals surface area contributed by atoms with Crippen LogP contribution in [0.5, 0.6) is 0 Å². The highest BCUT2D eigenvalue weighted by Gasteiger charge is 2.42. The standard InChI is InChI=1S/C67H48N10/c1-38(45-14-6-10-39-22-26-69-34-53(39)45)73-62(74-61(68)48-15-7-11-40-23-27-70-35-54(40)48)43-18-20-46-51-32-60-52(33-59(51)66(2,3)57(46)30-43)47-21-19-44(31-58(47)67(60,4)5)63-75-64(49-16-8-12-41-24-28-71-36-55(41)49)77-65(76-63)50-17-9-13-42-25-29-72-37-56(42)50/h6-37H,1H2,2-5H3,(H2,68,73,74). The molecule has 0 saturated carbocycles. The van der Waals surface area contributed by atoms with E-state index in [1.54, 1.807) is 12.4 Å². The Balaban J connectivity index is 0.868. The van der Waals surface area contributed by atoms with E-state index in [-0.39, 0.29) is 10.8 Å². The third-order valence-electron chi connectivity index (χ3n) is 15.9. The van der Waals surface area contributed by atoms with E-state index in [4.69, 9.17) is 30.7 Å². The Labute approximate surface area is 444 Å². The largest absolute Gasteiger partial charge is 0.383 e. The summed E-state index contributed by atoms with van der Waals surface area (Å²) in [7, 11) is 0. The van der Waals surface area contributed by atoms with Gasteiger partial charge in [-0.05, 0) is 115 Å². The zero-order valence-corrected chi connectivity index (χ0v) is 42.8. The Bertz CT molecular complexity index is 4450. The van der Waals surface area contributed by atoms with E-state index in [2.05, 4.69) is 133 Å². The summed E-state index contributed by atoms with van der Waals surface area (Å²) < 4.78 is 0. The van der Waals surface area contributed by atoms with Crippen LogP contribution in [0.25, 0.3) is 105 Å². The van der Waals surface area contributed by atoms with Crippen LogP contribution in [0.15, 0.2) is 212 Å². The van der Waals surface area contributed by atoms with Gasteiger partial charge in [0.1, 0.15) is 5.84 Å². The van der Waals surface area contributed by atoms with Crippen LogP contribution in [0.4, 0.5) is 0 Å². The molecule has 0 aliphatic heterocycles. The normalized spacial score (nSPS) is 14.2. The number of amidine groups is 2. The van der Waals surface area contributed by atoms with Crippen LogP contribution in [0.1, 0.15) is 66.6 Å². The van der Waals surface area contributed by atoms with E-state index in [0.717, 1.165) is 76.5 Å². The molecule has 0 amide bonds. The van der Waals surface area contributed by atoms with Crippen LogP contribution >= 0.6 is 0 Å². The number of hydrogen-bond acceptors (Lipinski definition) is 8. The first kappa shape index (κ1) is 45.7. The van der Waals surface area contributed by atoms with Gasteiger partial charge in [-0.2, -0.15) is 0 Å². The first-order chi connectivity index (χ1) is 37.5. The lowest BCUT2D eigenvalue weighted by Gasteiger charge is -2.24. The molecule has 366 valence electrons. The second-order valence-corrected chi connectivity index (χ2v) is 21.0. The lowest BCUT2D eigenvalue weighted by atomic mass is 9.79. The predicted molar refractivity (Wildman–Crippen MR) is 312 cm³/mol. The number of aromatic nitrogens is 7. The summed E-state index contributed by atoms with van der Waals surface area (Å²) in [5.41, 5.74) is 21.7. The van der Waals surface area contributed by atoms with E-state index in [9.17, 15) is 0 Å². The first-order valence-electron chi connectivity index (χ1n) is 25.7. The highest BCUT2D eigenvalue weighted by molar-refractivity contribution is 6.17. The quantitative estimate of drug-likeness (QED) is 0.123. The second-order valence-electron chi connectivity index (χ2n) is 21.0. The van der Waals surface area contributed by atoms with Crippen molar-refractivity contribution in [1.82, 2.24) is 34.9 Å². The maximum Gasteiger partial charge on any atom is 0.164 e. The lowest BCUT2D eigenvalue weighted by molar-refractivity contribution is 0.652. The van der Waals surface area contributed by atoms with Crippen LogP contribution in [-0.2, 0) is 10.8 Å². The molecule has 7 aromatic carbocycles. The molecular formula is C67H48N10. The van der Waals surface area contributed by atoms with Gasteiger partial charge in [-0.15, -0.1) is 0 Å². The molecule has 14 rings (SSSR count). The molecule has 0 spiro atoms. The predicted octanol–water partition coefficient (Wildman–Crippen LogP) is 14.5. The number of fused-ring (bicyclic) bond motifs is 10. The van der Waals surface area contributed by atoms with Crippen molar-refractivity contribution in [2.45, 2.75) is 38.5 Å². The fourth-order valence-corrected chi connectivity index (χ4v) is 11.8. The summed E-state index contributed by atoms with van der Waals surface area (Å²) in [6, 6.07) is 50.6. The number of nitrogens with zero attached hydrogens (tertiary/aromatic N) is 9. The number of aliphatic imine (C=N–C) groups is 2. The molecule has 5 heterocycles. The van der Waals surface area contributed by atoms with Crippen LogP contribution < -0.4 is 5.73 Å². The Kier molecular flexibility index (Phi) is 10.3. The van der Waals surface area contributed by atoms with Crippen molar-refractivity contribution in [3.63, 3.8) is 0 Å². The fraction of sp³-hybridized carbons (Fsp3) is 0.0896. The maximum absolute atomic E-state index is 6.99. The number of hydrogen-bond donors (Lipinski definition) is 1. The Morgan fingerprint density at radius 1 is 0.416 bits per heavy atom. The molecule has 77 heavy (non-hydrogen) atoms.